The van der Waals surface area contributed by atoms with Crippen molar-refractivity contribution in [3.05, 3.63) is 60.2 Å². The van der Waals surface area contributed by atoms with Gasteiger partial charge in [0.2, 0.25) is 5.91 Å². The Morgan fingerprint density at radius 3 is 2.38 bits per heavy atom. The monoisotopic (exact) mass is 350 g/mol. The molecule has 0 radical (unpaired) electrons. The van der Waals surface area contributed by atoms with Crippen molar-refractivity contribution in [1.82, 2.24) is 10.4 Å². The first-order valence-electron chi connectivity index (χ1n) is 8.97. The third-order valence-corrected chi connectivity index (χ3v) is 5.89. The topological polar surface area (TPSA) is 69.6 Å². The molecule has 2 heterocycles. The molecule has 0 bridgehead atoms. The molecular formula is C21H22N2O3. The smallest absolute Gasteiger partial charge is 0.266 e. The zero-order valence-electron chi connectivity index (χ0n) is 14.7. The van der Waals surface area contributed by atoms with Gasteiger partial charge in [0.05, 0.1) is 5.41 Å². The Morgan fingerprint density at radius 1 is 1.08 bits per heavy atom. The number of hydrogen-bond acceptors (Lipinski definition) is 3. The molecule has 5 nitrogen and oxygen atoms in total. The molecule has 2 fully saturated rings. The first-order valence-corrected chi connectivity index (χ1v) is 8.97. The van der Waals surface area contributed by atoms with Crippen LogP contribution < -0.4 is 5.48 Å². The molecule has 2 aliphatic heterocycles. The quantitative estimate of drug-likeness (QED) is 0.661. The van der Waals surface area contributed by atoms with Crippen LogP contribution in [0.15, 0.2) is 54.6 Å². The van der Waals surface area contributed by atoms with Gasteiger partial charge in [-0.15, -0.1) is 0 Å². The van der Waals surface area contributed by atoms with Crippen LogP contribution in [0, 0.1) is 0 Å². The van der Waals surface area contributed by atoms with Gasteiger partial charge in [0, 0.05) is 6.04 Å². The molecule has 4 rings (SSSR count). The highest BCUT2D eigenvalue weighted by molar-refractivity contribution is 5.95. The summed E-state index contributed by atoms with van der Waals surface area (Å²) >= 11 is 0. The Bertz CT molecular complexity index is 834. The summed E-state index contributed by atoms with van der Waals surface area (Å²) in [5, 5.41) is 8.95. The summed E-state index contributed by atoms with van der Waals surface area (Å²) in [5.74, 6) is -0.523. The fourth-order valence-corrected chi connectivity index (χ4v) is 4.47. The van der Waals surface area contributed by atoms with E-state index >= 15 is 0 Å². The van der Waals surface area contributed by atoms with Crippen molar-refractivity contribution >= 4 is 11.8 Å². The number of amides is 2. The van der Waals surface area contributed by atoms with E-state index in [1.807, 2.05) is 49.4 Å². The van der Waals surface area contributed by atoms with Gasteiger partial charge in [-0.2, -0.15) is 0 Å². The number of carbonyl (C=O) groups is 2. The summed E-state index contributed by atoms with van der Waals surface area (Å²) in [6, 6.07) is 17.7. The maximum Gasteiger partial charge on any atom is 0.266 e. The fraction of sp³-hybridized carbons (Fsp3) is 0.333. The molecule has 2 N–H and O–H groups in total. The maximum absolute atomic E-state index is 13.2. The minimum Gasteiger partial charge on any atom is -0.327 e. The largest absolute Gasteiger partial charge is 0.327 e. The van der Waals surface area contributed by atoms with Crippen LogP contribution in [0.3, 0.4) is 0 Å². The molecule has 0 aliphatic carbocycles. The average Bonchev–Trinajstić information content (AvgIpc) is 3.20. The third kappa shape index (κ3) is 2.51. The molecule has 0 aromatic heterocycles. The Hall–Kier alpha value is -2.66. The Balaban J connectivity index is 1.62. The first-order chi connectivity index (χ1) is 12.5. The molecule has 26 heavy (non-hydrogen) atoms. The van der Waals surface area contributed by atoms with Gasteiger partial charge < -0.3 is 4.90 Å². The van der Waals surface area contributed by atoms with Gasteiger partial charge in [-0.3, -0.25) is 14.8 Å². The van der Waals surface area contributed by atoms with E-state index in [9.17, 15) is 9.59 Å². The average molecular weight is 350 g/mol. The molecule has 5 heteroatoms. The standard InChI is InChI=1S/C21H22N2O3/c1-21(13-17-11-12-18(19(24)22-26)23(17)20(21)25)16-9-7-15(8-10-16)14-5-3-2-4-6-14/h2-10,17-18,26H,11-13H2,1H3,(H,22,24)/t17?,18-,21+/m1/s1. The van der Waals surface area contributed by atoms with E-state index in [-0.39, 0.29) is 11.9 Å². The minimum atomic E-state index is -0.631. The highest BCUT2D eigenvalue weighted by Gasteiger charge is 2.55. The number of rotatable bonds is 3. The zero-order chi connectivity index (χ0) is 18.3. The number of carbonyl (C=O) groups excluding carboxylic acids is 2. The lowest BCUT2D eigenvalue weighted by molar-refractivity contribution is -0.143. The van der Waals surface area contributed by atoms with E-state index in [0.717, 1.165) is 23.1 Å². The van der Waals surface area contributed by atoms with Gasteiger partial charge in [-0.1, -0.05) is 54.6 Å². The Kier molecular flexibility index (Phi) is 4.04. The first kappa shape index (κ1) is 16.8. The maximum atomic E-state index is 13.2. The summed E-state index contributed by atoms with van der Waals surface area (Å²) in [4.78, 5) is 26.7. The van der Waals surface area contributed by atoms with Crippen LogP contribution in [-0.4, -0.2) is 34.0 Å². The predicted molar refractivity (Wildman–Crippen MR) is 97.4 cm³/mol. The molecule has 2 amide bonds. The molecule has 2 aliphatic rings. The van der Waals surface area contributed by atoms with Crippen molar-refractivity contribution < 1.29 is 14.8 Å². The lowest BCUT2D eigenvalue weighted by Gasteiger charge is -2.27. The molecule has 2 aromatic rings. The van der Waals surface area contributed by atoms with E-state index in [1.165, 1.54) is 0 Å². The Labute approximate surface area is 152 Å². The molecule has 3 atom stereocenters. The van der Waals surface area contributed by atoms with E-state index in [0.29, 0.717) is 12.8 Å². The van der Waals surface area contributed by atoms with Gasteiger partial charge >= 0.3 is 0 Å². The zero-order valence-corrected chi connectivity index (χ0v) is 14.7. The summed E-state index contributed by atoms with van der Waals surface area (Å²) in [7, 11) is 0. The van der Waals surface area contributed by atoms with Crippen LogP contribution in [0.4, 0.5) is 0 Å². The number of hydrogen-bond donors (Lipinski definition) is 2. The van der Waals surface area contributed by atoms with Crippen LogP contribution in [0.2, 0.25) is 0 Å². The van der Waals surface area contributed by atoms with Gasteiger partial charge in [-0.05, 0) is 42.9 Å². The highest BCUT2D eigenvalue weighted by atomic mass is 16.5. The number of benzene rings is 2. The van der Waals surface area contributed by atoms with Crippen LogP contribution in [0.25, 0.3) is 11.1 Å². The normalized spacial score (nSPS) is 27.5. The second kappa shape index (κ2) is 6.25. The van der Waals surface area contributed by atoms with Crippen LogP contribution >= 0.6 is 0 Å². The molecule has 2 aromatic carbocycles. The van der Waals surface area contributed by atoms with Gasteiger partial charge in [0.1, 0.15) is 6.04 Å². The fourth-order valence-electron chi connectivity index (χ4n) is 4.47. The van der Waals surface area contributed by atoms with E-state index < -0.39 is 17.4 Å². The van der Waals surface area contributed by atoms with Gasteiger partial charge in [0.15, 0.2) is 0 Å². The SMILES string of the molecule is C[C@@]1(c2ccc(-c3ccccc3)cc2)CC2CC[C@H](C(=O)NO)N2C1=O. The molecule has 0 saturated carbocycles. The summed E-state index contributed by atoms with van der Waals surface area (Å²) in [6.45, 7) is 1.96. The van der Waals surface area contributed by atoms with E-state index in [4.69, 9.17) is 5.21 Å². The van der Waals surface area contributed by atoms with Crippen molar-refractivity contribution in [1.29, 1.82) is 0 Å². The lowest BCUT2D eigenvalue weighted by atomic mass is 9.78. The minimum absolute atomic E-state index is 0.0268. The van der Waals surface area contributed by atoms with Crippen LogP contribution in [-0.2, 0) is 15.0 Å². The molecule has 134 valence electrons. The number of nitrogens with one attached hydrogen (secondary N) is 1. The number of fused-ring (bicyclic) bond motifs is 1. The second-order valence-electron chi connectivity index (χ2n) is 7.42. The van der Waals surface area contributed by atoms with Crippen LogP contribution in [0.1, 0.15) is 31.7 Å². The van der Waals surface area contributed by atoms with Crippen molar-refractivity contribution in [3.63, 3.8) is 0 Å². The Morgan fingerprint density at radius 2 is 1.73 bits per heavy atom. The van der Waals surface area contributed by atoms with Crippen LogP contribution in [0.5, 0.6) is 0 Å². The third-order valence-electron chi connectivity index (χ3n) is 5.89. The predicted octanol–water partition coefficient (Wildman–Crippen LogP) is 2.88. The number of nitrogens with zero attached hydrogens (tertiary/aromatic N) is 1. The molecule has 0 spiro atoms. The van der Waals surface area contributed by atoms with Crippen molar-refractivity contribution in [2.24, 2.45) is 0 Å². The molecular weight excluding hydrogens is 328 g/mol. The molecule has 2 saturated heterocycles. The summed E-state index contributed by atoms with van der Waals surface area (Å²) in [6.07, 6.45) is 2.10. The molecule has 1 unspecified atom stereocenters. The lowest BCUT2D eigenvalue weighted by Crippen LogP contribution is -2.47. The van der Waals surface area contributed by atoms with Gasteiger partial charge in [0.25, 0.3) is 5.91 Å². The van der Waals surface area contributed by atoms with E-state index in [2.05, 4.69) is 12.1 Å². The van der Waals surface area contributed by atoms with Gasteiger partial charge in [-0.25, -0.2) is 5.48 Å². The van der Waals surface area contributed by atoms with E-state index in [1.54, 1.807) is 10.4 Å². The number of hydroxylamine groups is 1. The van der Waals surface area contributed by atoms with Crippen molar-refractivity contribution in [2.75, 3.05) is 0 Å². The summed E-state index contributed by atoms with van der Waals surface area (Å²) in [5.41, 5.74) is 4.29. The highest BCUT2D eigenvalue weighted by Crippen LogP contribution is 2.45. The van der Waals surface area contributed by atoms with Crippen molar-refractivity contribution in [3.8, 4) is 11.1 Å². The van der Waals surface area contributed by atoms with Crippen molar-refractivity contribution in [2.45, 2.75) is 43.7 Å². The second-order valence-corrected chi connectivity index (χ2v) is 7.42. The summed E-state index contributed by atoms with van der Waals surface area (Å²) < 4.78 is 0.